The molecule has 27 heavy (non-hydrogen) atoms. The highest BCUT2D eigenvalue weighted by Crippen LogP contribution is 2.24. The van der Waals surface area contributed by atoms with Gasteiger partial charge in [-0.1, -0.05) is 11.6 Å². The second-order valence-electron chi connectivity index (χ2n) is 7.31. The molecule has 6 nitrogen and oxygen atoms in total. The number of nitrogens with zero attached hydrogens (tertiary/aromatic N) is 1. The summed E-state index contributed by atoms with van der Waals surface area (Å²) in [5.41, 5.74) is 0.0253. The Morgan fingerprint density at radius 2 is 1.89 bits per heavy atom. The molecule has 1 amide bonds. The summed E-state index contributed by atoms with van der Waals surface area (Å²) in [7, 11) is 0. The number of hydrogen-bond donors (Lipinski definition) is 2. The minimum Gasteiger partial charge on any atom is -0.394 e. The van der Waals surface area contributed by atoms with Gasteiger partial charge in [0.25, 0.3) is 11.5 Å². The van der Waals surface area contributed by atoms with E-state index in [2.05, 4.69) is 5.32 Å². The predicted molar refractivity (Wildman–Crippen MR) is 103 cm³/mol. The van der Waals surface area contributed by atoms with Gasteiger partial charge in [-0.25, -0.2) is 0 Å². The summed E-state index contributed by atoms with van der Waals surface area (Å²) in [4.78, 5) is 38.3. The second kappa shape index (κ2) is 7.29. The van der Waals surface area contributed by atoms with Crippen LogP contribution in [0.1, 0.15) is 53.1 Å². The monoisotopic (exact) mass is 388 g/mol. The van der Waals surface area contributed by atoms with Crippen molar-refractivity contribution in [1.82, 2.24) is 9.88 Å². The Labute approximate surface area is 161 Å². The van der Waals surface area contributed by atoms with Gasteiger partial charge in [0.1, 0.15) is 5.56 Å². The highest BCUT2D eigenvalue weighted by Gasteiger charge is 2.28. The van der Waals surface area contributed by atoms with Crippen LogP contribution < -0.4 is 10.9 Å². The molecule has 1 aromatic heterocycles. The Hall–Kier alpha value is -2.44. The van der Waals surface area contributed by atoms with E-state index in [9.17, 15) is 19.5 Å². The fourth-order valence-electron chi connectivity index (χ4n) is 3.13. The van der Waals surface area contributed by atoms with Crippen molar-refractivity contribution in [2.45, 2.75) is 38.6 Å². The van der Waals surface area contributed by atoms with Gasteiger partial charge >= 0.3 is 0 Å². The van der Waals surface area contributed by atoms with Gasteiger partial charge in [-0.3, -0.25) is 19.0 Å². The number of aliphatic hydroxyl groups is 1. The number of aliphatic hydroxyl groups excluding tert-OH is 1. The first-order chi connectivity index (χ1) is 12.7. The van der Waals surface area contributed by atoms with Gasteiger partial charge in [0.15, 0.2) is 5.78 Å². The molecule has 1 heterocycles. The zero-order valence-corrected chi connectivity index (χ0v) is 16.0. The van der Waals surface area contributed by atoms with E-state index < -0.39 is 17.0 Å². The zero-order valence-electron chi connectivity index (χ0n) is 15.2. The van der Waals surface area contributed by atoms with Gasteiger partial charge in [0.05, 0.1) is 12.1 Å². The van der Waals surface area contributed by atoms with Crippen molar-refractivity contribution < 1.29 is 14.7 Å². The molecule has 1 aromatic carbocycles. The smallest absolute Gasteiger partial charge is 0.268 e. The van der Waals surface area contributed by atoms with Crippen LogP contribution in [0.4, 0.5) is 0 Å². The number of pyridine rings is 1. The molecule has 0 unspecified atom stereocenters. The molecule has 142 valence electrons. The summed E-state index contributed by atoms with van der Waals surface area (Å²) in [5, 5.41) is 12.5. The van der Waals surface area contributed by atoms with Gasteiger partial charge in [-0.15, -0.1) is 0 Å². The molecule has 1 aliphatic carbocycles. The summed E-state index contributed by atoms with van der Waals surface area (Å²) in [6.07, 6.45) is 1.61. The van der Waals surface area contributed by atoms with Crippen molar-refractivity contribution in [3.8, 4) is 5.69 Å². The number of ketones is 1. The number of Topliss-reactive ketones (excluding diaryl/α,β-unsaturated/α-hetero) is 1. The number of halogens is 1. The van der Waals surface area contributed by atoms with Gasteiger partial charge in [-0.05, 0) is 57.0 Å². The first-order valence-electron chi connectivity index (χ1n) is 8.75. The molecule has 2 N–H and O–H groups in total. The average molecular weight is 389 g/mol. The SMILES string of the molecule is CC(C)(CO)NC(=O)c1cc2c(n(-c3ccc(Cl)cc3)c1=O)CCCC2=O. The molecular formula is C20H21ClN2O4. The second-order valence-corrected chi connectivity index (χ2v) is 7.74. The predicted octanol–water partition coefficient (Wildman–Crippen LogP) is 2.51. The normalized spacial score (nSPS) is 14.0. The fourth-order valence-corrected chi connectivity index (χ4v) is 3.26. The molecule has 0 fully saturated rings. The summed E-state index contributed by atoms with van der Waals surface area (Å²) in [6.45, 7) is 3.01. The van der Waals surface area contributed by atoms with Crippen LogP contribution in [0.5, 0.6) is 0 Å². The van der Waals surface area contributed by atoms with Crippen molar-refractivity contribution in [3.63, 3.8) is 0 Å². The number of carbonyl (C=O) groups is 2. The van der Waals surface area contributed by atoms with Crippen LogP contribution in [0.2, 0.25) is 5.02 Å². The maximum atomic E-state index is 13.1. The van der Waals surface area contributed by atoms with Crippen LogP contribution in [0.3, 0.4) is 0 Å². The topological polar surface area (TPSA) is 88.4 Å². The number of aromatic nitrogens is 1. The third-order valence-electron chi connectivity index (χ3n) is 4.60. The van der Waals surface area contributed by atoms with Crippen molar-refractivity contribution in [2.75, 3.05) is 6.61 Å². The summed E-state index contributed by atoms with van der Waals surface area (Å²) in [5.74, 6) is -0.711. The van der Waals surface area contributed by atoms with Crippen LogP contribution in [0, 0.1) is 0 Å². The van der Waals surface area contributed by atoms with Gasteiger partial charge in [0.2, 0.25) is 0 Å². The lowest BCUT2D eigenvalue weighted by Gasteiger charge is -2.25. The van der Waals surface area contributed by atoms with Crippen molar-refractivity contribution in [2.24, 2.45) is 0 Å². The highest BCUT2D eigenvalue weighted by molar-refractivity contribution is 6.30. The highest BCUT2D eigenvalue weighted by atomic mass is 35.5. The maximum absolute atomic E-state index is 13.1. The van der Waals surface area contributed by atoms with Gasteiger partial charge < -0.3 is 10.4 Å². The van der Waals surface area contributed by atoms with Gasteiger partial charge in [0, 0.05) is 28.4 Å². The Bertz CT molecular complexity index is 961. The van der Waals surface area contributed by atoms with Crippen molar-refractivity contribution in [3.05, 3.63) is 62.5 Å². The third kappa shape index (κ3) is 3.82. The minimum absolute atomic E-state index is 0.0885. The molecule has 0 radical (unpaired) electrons. The molecule has 0 aliphatic heterocycles. The lowest BCUT2D eigenvalue weighted by Crippen LogP contribution is -2.48. The van der Waals surface area contributed by atoms with Crippen LogP contribution in [0.15, 0.2) is 35.1 Å². The van der Waals surface area contributed by atoms with E-state index in [-0.39, 0.29) is 18.0 Å². The molecule has 3 rings (SSSR count). The van der Waals surface area contributed by atoms with Crippen LogP contribution in [0.25, 0.3) is 5.69 Å². The average Bonchev–Trinajstić information content (AvgIpc) is 2.62. The molecule has 0 atom stereocenters. The van der Waals surface area contributed by atoms with E-state index in [1.165, 1.54) is 10.6 Å². The Morgan fingerprint density at radius 3 is 2.52 bits per heavy atom. The largest absolute Gasteiger partial charge is 0.394 e. The van der Waals surface area contributed by atoms with Crippen LogP contribution in [-0.2, 0) is 6.42 Å². The molecule has 2 aromatic rings. The number of fused-ring (bicyclic) bond motifs is 1. The van der Waals surface area contributed by atoms with E-state index in [1.807, 2.05) is 0 Å². The van der Waals surface area contributed by atoms with E-state index in [4.69, 9.17) is 11.6 Å². The molecule has 0 saturated carbocycles. The molecule has 0 bridgehead atoms. The standard InChI is InChI=1S/C20H21ClN2O4/c1-20(2,11-24)22-18(26)15-10-14-16(4-3-5-17(14)25)23(19(15)27)13-8-6-12(21)7-9-13/h6-10,24H,3-5,11H2,1-2H3,(H,22,26). The minimum atomic E-state index is -0.894. The molecular weight excluding hydrogens is 368 g/mol. The third-order valence-corrected chi connectivity index (χ3v) is 4.85. The maximum Gasteiger partial charge on any atom is 0.268 e. The van der Waals surface area contributed by atoms with E-state index in [1.54, 1.807) is 38.1 Å². The fraction of sp³-hybridized carbons (Fsp3) is 0.350. The molecule has 0 spiro atoms. The number of hydrogen-bond acceptors (Lipinski definition) is 4. The van der Waals surface area contributed by atoms with Crippen molar-refractivity contribution in [1.29, 1.82) is 0 Å². The van der Waals surface area contributed by atoms with Crippen LogP contribution in [-0.4, -0.2) is 33.5 Å². The Balaban J connectivity index is 2.21. The van der Waals surface area contributed by atoms with Crippen LogP contribution >= 0.6 is 11.6 Å². The number of nitrogens with one attached hydrogen (secondary N) is 1. The quantitative estimate of drug-likeness (QED) is 0.842. The molecule has 1 aliphatic rings. The Morgan fingerprint density at radius 1 is 1.22 bits per heavy atom. The van der Waals surface area contributed by atoms with Gasteiger partial charge in [-0.2, -0.15) is 0 Å². The van der Waals surface area contributed by atoms with E-state index >= 15 is 0 Å². The molecule has 0 saturated heterocycles. The molecule has 7 heteroatoms. The number of amides is 1. The Kier molecular flexibility index (Phi) is 5.22. The summed E-state index contributed by atoms with van der Waals surface area (Å²) < 4.78 is 1.42. The van der Waals surface area contributed by atoms with E-state index in [0.717, 1.165) is 0 Å². The first kappa shape index (κ1) is 19.3. The lowest BCUT2D eigenvalue weighted by atomic mass is 9.92. The van der Waals surface area contributed by atoms with E-state index in [0.29, 0.717) is 41.2 Å². The van der Waals surface area contributed by atoms with Crippen molar-refractivity contribution >= 4 is 23.3 Å². The first-order valence-corrected chi connectivity index (χ1v) is 9.13. The zero-order chi connectivity index (χ0) is 19.8. The summed E-state index contributed by atoms with van der Waals surface area (Å²) in [6, 6.07) is 8.06. The number of benzene rings is 1. The lowest BCUT2D eigenvalue weighted by molar-refractivity contribution is 0.0867. The summed E-state index contributed by atoms with van der Waals surface area (Å²) >= 11 is 5.95. The number of rotatable bonds is 4. The number of carbonyl (C=O) groups excluding carboxylic acids is 2.